The topological polar surface area (TPSA) is 72.8 Å². The molecule has 2 unspecified atom stereocenters. The van der Waals surface area contributed by atoms with Gasteiger partial charge in [-0.2, -0.15) is 0 Å². The first-order chi connectivity index (χ1) is 9.89. The minimum Gasteiger partial charge on any atom is -0.459 e. The van der Waals surface area contributed by atoms with Gasteiger partial charge in [0, 0.05) is 0 Å². The van der Waals surface area contributed by atoms with E-state index in [1.54, 1.807) is 41.5 Å². The summed E-state index contributed by atoms with van der Waals surface area (Å²) in [4.78, 5) is 25.0. The highest BCUT2D eigenvalue weighted by molar-refractivity contribution is 5.95. The normalized spacial score (nSPS) is 23.3. The van der Waals surface area contributed by atoms with Crippen LogP contribution in [0.2, 0.25) is 0 Å². The molecule has 1 rings (SSSR count). The monoisotopic (exact) mass is 314 g/mol. The standard InChI is InChI=1S/C17H30O5/c1-16(2,3)21-14(19)13(15(20)22-17(4,5)6)11-8-7-9-12(18)10-11/h11-13,18H,7-10H2,1-6H3. The average Bonchev–Trinajstić information content (AvgIpc) is 2.23. The Hall–Kier alpha value is -1.10. The van der Waals surface area contributed by atoms with Crippen molar-refractivity contribution in [2.75, 3.05) is 0 Å². The number of aliphatic hydroxyl groups is 1. The molecular formula is C17H30O5. The van der Waals surface area contributed by atoms with Gasteiger partial charge < -0.3 is 14.6 Å². The summed E-state index contributed by atoms with van der Waals surface area (Å²) in [5, 5.41) is 9.85. The maximum absolute atomic E-state index is 12.5. The van der Waals surface area contributed by atoms with Crippen molar-refractivity contribution >= 4 is 11.9 Å². The number of aliphatic hydroxyl groups excluding tert-OH is 1. The van der Waals surface area contributed by atoms with Crippen LogP contribution >= 0.6 is 0 Å². The summed E-state index contributed by atoms with van der Waals surface area (Å²) >= 11 is 0. The van der Waals surface area contributed by atoms with E-state index in [0.29, 0.717) is 12.8 Å². The van der Waals surface area contributed by atoms with E-state index in [-0.39, 0.29) is 5.92 Å². The highest BCUT2D eigenvalue weighted by Gasteiger charge is 2.42. The molecular weight excluding hydrogens is 284 g/mol. The number of hydrogen-bond donors (Lipinski definition) is 1. The molecule has 0 bridgehead atoms. The van der Waals surface area contributed by atoms with E-state index in [9.17, 15) is 14.7 Å². The van der Waals surface area contributed by atoms with Crippen LogP contribution in [0.4, 0.5) is 0 Å². The van der Waals surface area contributed by atoms with Crippen LogP contribution in [0.3, 0.4) is 0 Å². The fourth-order valence-corrected chi connectivity index (χ4v) is 2.72. The maximum atomic E-state index is 12.5. The van der Waals surface area contributed by atoms with E-state index in [2.05, 4.69) is 0 Å². The lowest BCUT2D eigenvalue weighted by atomic mass is 9.78. The van der Waals surface area contributed by atoms with Gasteiger partial charge in [-0.15, -0.1) is 0 Å². The van der Waals surface area contributed by atoms with Crippen molar-refractivity contribution in [1.82, 2.24) is 0 Å². The van der Waals surface area contributed by atoms with Crippen LogP contribution in [0.5, 0.6) is 0 Å². The van der Waals surface area contributed by atoms with Crippen LogP contribution in [0, 0.1) is 11.8 Å². The Bertz CT molecular complexity index is 374. The minimum absolute atomic E-state index is 0.228. The minimum atomic E-state index is -0.964. The Kier molecular flexibility index (Phi) is 6.02. The van der Waals surface area contributed by atoms with Crippen molar-refractivity contribution in [3.63, 3.8) is 0 Å². The zero-order chi connectivity index (χ0) is 17.1. The van der Waals surface area contributed by atoms with Gasteiger partial charge in [-0.05, 0) is 66.7 Å². The Morgan fingerprint density at radius 2 is 1.41 bits per heavy atom. The zero-order valence-electron chi connectivity index (χ0n) is 14.6. The molecule has 0 spiro atoms. The molecule has 22 heavy (non-hydrogen) atoms. The maximum Gasteiger partial charge on any atom is 0.321 e. The van der Waals surface area contributed by atoms with Gasteiger partial charge in [-0.3, -0.25) is 9.59 Å². The van der Waals surface area contributed by atoms with Crippen LogP contribution in [-0.2, 0) is 19.1 Å². The van der Waals surface area contributed by atoms with E-state index in [0.717, 1.165) is 12.8 Å². The number of ether oxygens (including phenoxy) is 2. The van der Waals surface area contributed by atoms with Gasteiger partial charge in [-0.1, -0.05) is 6.42 Å². The smallest absolute Gasteiger partial charge is 0.321 e. The molecule has 1 saturated carbocycles. The number of hydrogen-bond acceptors (Lipinski definition) is 5. The number of rotatable bonds is 3. The molecule has 0 aromatic carbocycles. The lowest BCUT2D eigenvalue weighted by Gasteiger charge is -2.33. The Morgan fingerprint density at radius 1 is 0.955 bits per heavy atom. The van der Waals surface area contributed by atoms with Gasteiger partial charge in [0.25, 0.3) is 0 Å². The number of carbonyl (C=O) groups is 2. The molecule has 128 valence electrons. The Balaban J connectivity index is 2.93. The summed E-state index contributed by atoms with van der Waals surface area (Å²) in [6.07, 6.45) is 2.20. The highest BCUT2D eigenvalue weighted by Crippen LogP contribution is 2.33. The molecule has 5 heteroatoms. The van der Waals surface area contributed by atoms with Gasteiger partial charge in [-0.25, -0.2) is 0 Å². The molecule has 0 saturated heterocycles. The summed E-state index contributed by atoms with van der Waals surface area (Å²) in [7, 11) is 0. The molecule has 1 aliphatic carbocycles. The van der Waals surface area contributed by atoms with Crippen molar-refractivity contribution < 1.29 is 24.2 Å². The molecule has 1 fully saturated rings. The van der Waals surface area contributed by atoms with Crippen LogP contribution in [0.1, 0.15) is 67.2 Å². The van der Waals surface area contributed by atoms with E-state index in [1.165, 1.54) is 0 Å². The van der Waals surface area contributed by atoms with E-state index in [4.69, 9.17) is 9.47 Å². The van der Waals surface area contributed by atoms with E-state index < -0.39 is 35.2 Å². The van der Waals surface area contributed by atoms with Gasteiger partial charge in [0.05, 0.1) is 6.10 Å². The lowest BCUT2D eigenvalue weighted by Crippen LogP contribution is -2.42. The molecule has 0 aromatic heterocycles. The molecule has 0 heterocycles. The van der Waals surface area contributed by atoms with Crippen molar-refractivity contribution in [1.29, 1.82) is 0 Å². The van der Waals surface area contributed by atoms with Gasteiger partial charge in [0.15, 0.2) is 5.92 Å². The van der Waals surface area contributed by atoms with Crippen LogP contribution in [-0.4, -0.2) is 34.4 Å². The first-order valence-corrected chi connectivity index (χ1v) is 8.03. The molecule has 0 radical (unpaired) electrons. The molecule has 1 N–H and O–H groups in total. The molecule has 0 amide bonds. The van der Waals surface area contributed by atoms with E-state index in [1.807, 2.05) is 0 Å². The summed E-state index contributed by atoms with van der Waals surface area (Å²) in [5.74, 6) is -2.30. The molecule has 1 aliphatic rings. The van der Waals surface area contributed by atoms with E-state index >= 15 is 0 Å². The fourth-order valence-electron chi connectivity index (χ4n) is 2.72. The molecule has 0 aliphatic heterocycles. The van der Waals surface area contributed by atoms with Crippen LogP contribution in [0.15, 0.2) is 0 Å². The van der Waals surface area contributed by atoms with Crippen molar-refractivity contribution in [2.24, 2.45) is 11.8 Å². The number of carbonyl (C=O) groups excluding carboxylic acids is 2. The summed E-state index contributed by atoms with van der Waals surface area (Å²) < 4.78 is 10.8. The summed E-state index contributed by atoms with van der Waals surface area (Å²) in [6, 6.07) is 0. The van der Waals surface area contributed by atoms with Crippen molar-refractivity contribution in [3.05, 3.63) is 0 Å². The molecule has 0 aromatic rings. The van der Waals surface area contributed by atoms with Gasteiger partial charge in [0.2, 0.25) is 0 Å². The Labute approximate surface area is 133 Å². The van der Waals surface area contributed by atoms with Gasteiger partial charge in [0.1, 0.15) is 11.2 Å². The van der Waals surface area contributed by atoms with Crippen LogP contribution in [0.25, 0.3) is 0 Å². The summed E-state index contributed by atoms with van der Waals surface area (Å²) in [6.45, 7) is 10.6. The molecule has 2 atom stereocenters. The third-order valence-electron chi connectivity index (χ3n) is 3.48. The summed E-state index contributed by atoms with van der Waals surface area (Å²) in [5.41, 5.74) is -1.32. The van der Waals surface area contributed by atoms with Crippen LogP contribution < -0.4 is 0 Å². The quantitative estimate of drug-likeness (QED) is 0.640. The first-order valence-electron chi connectivity index (χ1n) is 8.03. The lowest BCUT2D eigenvalue weighted by molar-refractivity contribution is -0.178. The predicted octanol–water partition coefficient (Wildman–Crippen LogP) is 2.84. The van der Waals surface area contributed by atoms with Gasteiger partial charge >= 0.3 is 11.9 Å². The zero-order valence-corrected chi connectivity index (χ0v) is 14.6. The largest absolute Gasteiger partial charge is 0.459 e. The highest BCUT2D eigenvalue weighted by atomic mass is 16.6. The second kappa shape index (κ2) is 6.99. The predicted molar refractivity (Wildman–Crippen MR) is 83.1 cm³/mol. The second-order valence-electron chi connectivity index (χ2n) is 8.13. The third-order valence-corrected chi connectivity index (χ3v) is 3.48. The SMILES string of the molecule is CC(C)(C)OC(=O)C(C(=O)OC(C)(C)C)C1CCCC(O)C1. The second-order valence-corrected chi connectivity index (χ2v) is 8.13. The molecule has 5 nitrogen and oxygen atoms in total. The fraction of sp³-hybridized carbons (Fsp3) is 0.882. The first kappa shape index (κ1) is 18.9. The van der Waals surface area contributed by atoms with Crippen molar-refractivity contribution in [3.8, 4) is 0 Å². The number of esters is 2. The third kappa shape index (κ3) is 6.34. The average molecular weight is 314 g/mol. The van der Waals surface area contributed by atoms with Crippen molar-refractivity contribution in [2.45, 2.75) is 84.5 Å². The Morgan fingerprint density at radius 3 is 1.77 bits per heavy atom.